The Kier molecular flexibility index (Phi) is 24.7. The zero-order valence-corrected chi connectivity index (χ0v) is 66.5. The number of aromatic amines is 2. The summed E-state index contributed by atoms with van der Waals surface area (Å²) in [6.07, 6.45) is 16.6. The van der Waals surface area contributed by atoms with Crippen LogP contribution >= 0.6 is 15.9 Å². The van der Waals surface area contributed by atoms with Gasteiger partial charge in [-0.2, -0.15) is 60.6 Å². The van der Waals surface area contributed by atoms with Gasteiger partial charge in [0.25, 0.3) is 0 Å². The normalized spacial score (nSPS) is 14.8. The zero-order valence-electron chi connectivity index (χ0n) is 64.1. The number of carbonyl (C=O) groups excluding carboxylic acids is 4. The minimum Gasteiger partial charge on any atom is -0.478 e. The van der Waals surface area contributed by atoms with E-state index in [9.17, 15) is 72.6 Å². The number of hydrogen-bond donors (Lipinski definition) is 3. The van der Waals surface area contributed by atoms with Crippen LogP contribution in [0.15, 0.2) is 163 Å². The fraction of sp³-hybridized carbons (Fsp3) is 0.289. The number of pyridine rings is 5. The van der Waals surface area contributed by atoms with E-state index in [1.807, 2.05) is 16.3 Å². The van der Waals surface area contributed by atoms with Crippen LogP contribution in [-0.2, 0) is 9.84 Å². The number of nitrogens with zero attached hydrogens (tertiary/aromatic N) is 13. The third kappa shape index (κ3) is 19.0. The molecule has 0 bridgehead atoms. The van der Waals surface area contributed by atoms with E-state index in [0.29, 0.717) is 111 Å². The van der Waals surface area contributed by atoms with E-state index in [0.717, 1.165) is 73.4 Å². The average molecular weight is 1740 g/mol. The van der Waals surface area contributed by atoms with Gasteiger partial charge in [0.15, 0.2) is 33.0 Å². The molecule has 0 spiro atoms. The van der Waals surface area contributed by atoms with Crippen LogP contribution in [0, 0.1) is 5.41 Å². The van der Waals surface area contributed by atoms with Gasteiger partial charge in [-0.05, 0) is 173 Å². The van der Waals surface area contributed by atoms with Gasteiger partial charge < -0.3 is 24.1 Å². The highest BCUT2D eigenvalue weighted by molar-refractivity contribution is 9.10. The molecule has 0 atom stereocenters. The molecule has 4 fully saturated rings. The molecule has 4 aromatic carbocycles. The average Bonchev–Trinajstić information content (AvgIpc) is 1.54. The molecule has 3 saturated carbocycles. The minimum atomic E-state index is -3.04. The van der Waals surface area contributed by atoms with Crippen molar-refractivity contribution < 1.29 is 91.6 Å². The molecule has 0 amide bonds. The molecule has 3 aliphatic carbocycles. The molecule has 4 aliphatic rings. The molecule has 0 radical (unpaired) electrons. The molecule has 14 aromatic rings. The van der Waals surface area contributed by atoms with Gasteiger partial charge in [-0.15, -0.1) is 0 Å². The summed E-state index contributed by atoms with van der Waals surface area (Å²) in [5.74, 6) is -1.16. The Labute approximate surface area is 684 Å². The van der Waals surface area contributed by atoms with Crippen molar-refractivity contribution in [1.29, 1.82) is 0 Å². The summed E-state index contributed by atoms with van der Waals surface area (Å²) in [7, 11) is -3.04. The summed E-state index contributed by atoms with van der Waals surface area (Å²) in [6.45, 7) is -5.35. The van der Waals surface area contributed by atoms with E-state index in [1.54, 1.807) is 89.7 Å². The number of hydrogen-bond acceptors (Lipinski definition) is 21. The standard InChI is InChI=1S/C23H23F2N3O4S.C19H17F2N3O2.C18H15F2N3O3.C15H11F2N3O2.C8H6BrN3O/c1-23(12-33(30,31)13-23)10-19(29)15-9-18-21(26-11-15)20(27-28(18)16-5-3-6-16)14-4-2-7-17(8-14)32-22(24)25;1-11(25)13-9-16-18(22-10-13)17(23-24(16)14-5-3-6-14)12-4-2-7-15(8-12)26-19(20)21;19-18(20)26-13-6-1-3-10(7-13)15-16-14(8-11(9-21-16)17(24)25)23(22-15)12-4-2-5-12;1-8(21)10-6-12-14(18-7-10)13(20-19-12)9-3-2-4-11(5-9)22-15(16)17;1-4(13)5-2-6-7(10-3-5)8(9)12-11-6/h2,4,7-9,11,16,22H,3,5-6,10,12-13H2,1H3;2,4,7-10,14,19H,3,5-6H2,1H3;1,3,6-9,12,18H,2,4-5H2,(H,24,25);2-7,15H,1H3,(H,19,20);2-3H,1H3,(H,11,12). The molecular weight excluding hydrogens is 1660 g/mol. The fourth-order valence-corrected chi connectivity index (χ4v) is 16.7. The molecule has 10 aromatic heterocycles. The minimum absolute atomic E-state index is 0.00600. The van der Waals surface area contributed by atoms with Crippen molar-refractivity contribution in [2.75, 3.05) is 11.5 Å². The number of aromatic nitrogens is 15. The highest BCUT2D eigenvalue weighted by Crippen LogP contribution is 2.43. The summed E-state index contributed by atoms with van der Waals surface area (Å²) < 4.78 is 147. The van der Waals surface area contributed by atoms with Crippen molar-refractivity contribution in [2.24, 2.45) is 5.41 Å². The first-order chi connectivity index (χ1) is 57.4. The van der Waals surface area contributed by atoms with Crippen LogP contribution < -0.4 is 18.9 Å². The quantitative estimate of drug-likeness (QED) is 0.0419. The number of halogens is 9. The number of Topliss-reactive ketones (excluding diaryl/α,β-unsaturated/α-hetero) is 4. The Morgan fingerprint density at radius 3 is 1.17 bits per heavy atom. The number of H-pyrrole nitrogens is 2. The van der Waals surface area contributed by atoms with Crippen LogP contribution in [0.1, 0.15) is 162 Å². The fourth-order valence-electron chi connectivity index (χ4n) is 14.1. The van der Waals surface area contributed by atoms with E-state index in [1.165, 1.54) is 94.1 Å². The number of sulfone groups is 1. The van der Waals surface area contributed by atoms with Crippen molar-refractivity contribution in [3.05, 3.63) is 191 Å². The van der Waals surface area contributed by atoms with Crippen molar-refractivity contribution in [3.63, 3.8) is 0 Å². The van der Waals surface area contributed by atoms with Crippen LogP contribution in [0.5, 0.6) is 23.0 Å². The number of carboxylic acid groups (broad SMARTS) is 1. The summed E-state index contributed by atoms with van der Waals surface area (Å²) in [5.41, 5.74) is 12.6. The number of ether oxygens (including phenoxy) is 4. The predicted molar refractivity (Wildman–Crippen MR) is 428 cm³/mol. The predicted octanol–water partition coefficient (Wildman–Crippen LogP) is 18.5. The number of ketones is 4. The van der Waals surface area contributed by atoms with E-state index in [-0.39, 0.29) is 87.7 Å². The number of alkyl halides is 8. The molecule has 11 heterocycles. The first-order valence-corrected chi connectivity index (χ1v) is 40.2. The summed E-state index contributed by atoms with van der Waals surface area (Å²) in [5, 5.41) is 36.9. The third-order valence-electron chi connectivity index (χ3n) is 20.5. The summed E-state index contributed by atoms with van der Waals surface area (Å²) >= 11 is 3.26. The van der Waals surface area contributed by atoms with Gasteiger partial charge in [-0.3, -0.25) is 68.3 Å². The van der Waals surface area contributed by atoms with E-state index < -0.39 is 47.7 Å². The van der Waals surface area contributed by atoms with Crippen molar-refractivity contribution >= 4 is 110 Å². The Bertz CT molecular complexity index is 6200. The largest absolute Gasteiger partial charge is 0.478 e. The second-order valence-corrected chi connectivity index (χ2v) is 32.1. The van der Waals surface area contributed by atoms with Gasteiger partial charge in [0.2, 0.25) is 0 Å². The van der Waals surface area contributed by atoms with Crippen LogP contribution in [0.2, 0.25) is 0 Å². The number of carboxylic acids is 1. The lowest BCUT2D eigenvalue weighted by atomic mass is 9.86. The lowest BCUT2D eigenvalue weighted by Gasteiger charge is -2.37. The second kappa shape index (κ2) is 35.4. The van der Waals surface area contributed by atoms with Gasteiger partial charge in [-0.1, -0.05) is 55.5 Å². The molecular formula is C83H72BrF8N15O12S. The highest BCUT2D eigenvalue weighted by Gasteiger charge is 2.46. The third-order valence-corrected chi connectivity index (χ3v) is 23.3. The first kappa shape index (κ1) is 83.7. The molecule has 1 aliphatic heterocycles. The maximum atomic E-state index is 12.9. The van der Waals surface area contributed by atoms with Crippen LogP contribution in [0.25, 0.3) is 100 Å². The van der Waals surface area contributed by atoms with Crippen LogP contribution in [-0.4, -0.2) is 155 Å². The maximum Gasteiger partial charge on any atom is 0.387 e. The molecule has 3 N–H and O–H groups in total. The van der Waals surface area contributed by atoms with Gasteiger partial charge in [-0.25, -0.2) is 13.2 Å². The summed E-state index contributed by atoms with van der Waals surface area (Å²) in [6, 6.07) is 34.4. The number of fused-ring (bicyclic) bond motifs is 5. The number of aromatic carboxylic acids is 1. The number of carbonyl (C=O) groups is 5. The zero-order chi connectivity index (χ0) is 85.0. The van der Waals surface area contributed by atoms with E-state index in [4.69, 9.17) is 10.2 Å². The molecule has 27 nitrogen and oxygen atoms in total. The smallest absolute Gasteiger partial charge is 0.387 e. The van der Waals surface area contributed by atoms with E-state index >= 15 is 0 Å². The topological polar surface area (TPSA) is 352 Å². The molecule has 37 heteroatoms. The Hall–Kier alpha value is -12.8. The monoisotopic (exact) mass is 1730 g/mol. The number of benzene rings is 4. The number of nitrogens with one attached hydrogen (secondary N) is 2. The SMILES string of the molecule is CC(=O)c1cnc2c(-c3cccc(OC(F)F)c3)n[nH]c2c1.CC(=O)c1cnc2c(-c3cccc(OC(F)F)c3)nn(C3CCC3)c2c1.CC(=O)c1cnc2c(Br)[nH]nc2c1.CC1(CC(=O)c2cnc3c(-c4cccc(OC(F)F)c4)nn(C4CCC4)c3c2)CS(=O)(=O)C1.O=C(O)c1cnc2c(-c3cccc(OC(F)F)c3)nn(C3CCC3)c2c1. The molecule has 18 rings (SSSR count). The Morgan fingerprint density at radius 2 is 0.800 bits per heavy atom. The van der Waals surface area contributed by atoms with Gasteiger partial charge in [0.1, 0.15) is 83.5 Å². The molecule has 0 unspecified atom stereocenters. The van der Waals surface area contributed by atoms with E-state index in [2.05, 4.69) is 85.3 Å². The Balaban J connectivity index is 0.000000126. The van der Waals surface area contributed by atoms with Crippen molar-refractivity contribution in [2.45, 2.75) is 136 Å². The van der Waals surface area contributed by atoms with Crippen LogP contribution in [0.4, 0.5) is 35.1 Å². The maximum absolute atomic E-state index is 12.9. The highest BCUT2D eigenvalue weighted by atomic mass is 79.9. The van der Waals surface area contributed by atoms with Gasteiger partial charge in [0.05, 0.1) is 57.3 Å². The molecule has 1 saturated heterocycles. The molecule has 620 valence electrons. The second-order valence-electron chi connectivity index (χ2n) is 29.3. The lowest BCUT2D eigenvalue weighted by Crippen LogP contribution is -2.47. The van der Waals surface area contributed by atoms with Gasteiger partial charge in [0, 0.05) is 87.3 Å². The van der Waals surface area contributed by atoms with Crippen LogP contribution in [0.3, 0.4) is 0 Å². The lowest BCUT2D eigenvalue weighted by molar-refractivity contribution is -0.0505. The first-order valence-electron chi connectivity index (χ1n) is 37.6. The number of rotatable bonds is 22. The Morgan fingerprint density at radius 1 is 0.458 bits per heavy atom. The van der Waals surface area contributed by atoms with Crippen molar-refractivity contribution in [1.82, 2.24) is 74.7 Å². The van der Waals surface area contributed by atoms with Crippen molar-refractivity contribution in [3.8, 4) is 68.0 Å². The molecule has 120 heavy (non-hydrogen) atoms. The summed E-state index contributed by atoms with van der Waals surface area (Å²) in [4.78, 5) is 79.9. The van der Waals surface area contributed by atoms with Gasteiger partial charge >= 0.3 is 32.4 Å².